The largest absolute Gasteiger partial charge is 0.353 e. The molecule has 130 valence electrons. The van der Waals surface area contributed by atoms with Gasteiger partial charge in [0, 0.05) is 29.6 Å². The molecule has 1 aromatic carbocycles. The normalized spacial score (nSPS) is 27.3. The molecule has 0 unspecified atom stereocenters. The van der Waals surface area contributed by atoms with E-state index in [1.54, 1.807) is 16.7 Å². The summed E-state index contributed by atoms with van der Waals surface area (Å²) in [6.07, 6.45) is 7.03. The van der Waals surface area contributed by atoms with Gasteiger partial charge in [-0.1, -0.05) is 25.8 Å². The fourth-order valence-electron chi connectivity index (χ4n) is 3.74. The Morgan fingerprint density at radius 3 is 2.83 bits per heavy atom. The standard InChI is InChI=1S/C19H26N2O2S/c1-13-6-3-4-9-17(13)20-19(23)14-10-18(22)21(12-14)15-7-5-8-16(11-15)24-2/h5,7-8,11,13-14,17H,3-4,6,9-10,12H2,1-2H3,(H,20,23)/t13-,14-,17-/m1/s1. The van der Waals surface area contributed by atoms with Crippen molar-refractivity contribution in [2.24, 2.45) is 11.8 Å². The molecule has 2 fully saturated rings. The fourth-order valence-corrected chi connectivity index (χ4v) is 4.20. The Morgan fingerprint density at radius 2 is 2.08 bits per heavy atom. The topological polar surface area (TPSA) is 49.4 Å². The Balaban J connectivity index is 1.64. The average molecular weight is 346 g/mol. The van der Waals surface area contributed by atoms with Crippen molar-refractivity contribution in [1.29, 1.82) is 0 Å². The number of anilines is 1. The molecule has 1 aliphatic carbocycles. The number of nitrogens with zero attached hydrogens (tertiary/aromatic N) is 1. The first kappa shape index (κ1) is 17.3. The van der Waals surface area contributed by atoms with E-state index in [0.717, 1.165) is 17.0 Å². The van der Waals surface area contributed by atoms with Gasteiger partial charge in [0.15, 0.2) is 0 Å². The quantitative estimate of drug-likeness (QED) is 0.850. The fraction of sp³-hybridized carbons (Fsp3) is 0.579. The Bertz CT molecular complexity index is 619. The summed E-state index contributed by atoms with van der Waals surface area (Å²) in [5.41, 5.74) is 0.896. The summed E-state index contributed by atoms with van der Waals surface area (Å²) in [6, 6.07) is 8.23. The number of nitrogens with one attached hydrogen (secondary N) is 1. The highest BCUT2D eigenvalue weighted by molar-refractivity contribution is 7.98. The van der Waals surface area contributed by atoms with Gasteiger partial charge in [0.1, 0.15) is 0 Å². The number of carbonyl (C=O) groups is 2. The maximum Gasteiger partial charge on any atom is 0.227 e. The Labute approximate surface area is 148 Å². The molecule has 1 aliphatic heterocycles. The highest BCUT2D eigenvalue weighted by atomic mass is 32.2. The Kier molecular flexibility index (Phi) is 5.49. The van der Waals surface area contributed by atoms with Crippen LogP contribution in [0.5, 0.6) is 0 Å². The molecule has 1 aromatic rings. The molecule has 0 aromatic heterocycles. The van der Waals surface area contributed by atoms with Crippen LogP contribution in [0.3, 0.4) is 0 Å². The number of amides is 2. The molecule has 24 heavy (non-hydrogen) atoms. The second-order valence-electron chi connectivity index (χ2n) is 6.98. The molecule has 1 saturated heterocycles. The summed E-state index contributed by atoms with van der Waals surface area (Å²) in [4.78, 5) is 27.9. The molecule has 0 radical (unpaired) electrons. The maximum absolute atomic E-state index is 12.6. The van der Waals surface area contributed by atoms with E-state index in [0.29, 0.717) is 18.9 Å². The van der Waals surface area contributed by atoms with Crippen molar-refractivity contribution in [3.05, 3.63) is 24.3 Å². The smallest absolute Gasteiger partial charge is 0.227 e. The molecule has 2 amide bonds. The summed E-state index contributed by atoms with van der Waals surface area (Å²) in [5.74, 6) is 0.398. The van der Waals surface area contributed by atoms with Crippen molar-refractivity contribution < 1.29 is 9.59 Å². The zero-order chi connectivity index (χ0) is 17.1. The zero-order valence-electron chi connectivity index (χ0n) is 14.5. The molecule has 0 bridgehead atoms. The average Bonchev–Trinajstić information content (AvgIpc) is 2.99. The number of hydrogen-bond donors (Lipinski definition) is 1. The van der Waals surface area contributed by atoms with E-state index in [-0.39, 0.29) is 23.8 Å². The minimum Gasteiger partial charge on any atom is -0.353 e. The van der Waals surface area contributed by atoms with Crippen LogP contribution in [0.1, 0.15) is 39.0 Å². The molecule has 1 saturated carbocycles. The molecule has 3 atom stereocenters. The van der Waals surface area contributed by atoms with Crippen LogP contribution >= 0.6 is 11.8 Å². The van der Waals surface area contributed by atoms with Crippen molar-refractivity contribution >= 4 is 29.3 Å². The van der Waals surface area contributed by atoms with Gasteiger partial charge in [-0.05, 0) is 43.2 Å². The Morgan fingerprint density at radius 1 is 1.29 bits per heavy atom. The van der Waals surface area contributed by atoms with Gasteiger partial charge in [0.2, 0.25) is 11.8 Å². The highest BCUT2D eigenvalue weighted by Gasteiger charge is 2.36. The number of carbonyl (C=O) groups excluding carboxylic acids is 2. The molecular formula is C19H26N2O2S. The number of rotatable bonds is 4. The van der Waals surface area contributed by atoms with E-state index in [1.807, 2.05) is 30.5 Å². The van der Waals surface area contributed by atoms with Gasteiger partial charge >= 0.3 is 0 Å². The second kappa shape index (κ2) is 7.60. The van der Waals surface area contributed by atoms with Crippen LogP contribution in [0.2, 0.25) is 0 Å². The van der Waals surface area contributed by atoms with Crippen molar-refractivity contribution in [1.82, 2.24) is 5.32 Å². The summed E-state index contributed by atoms with van der Waals surface area (Å²) in [6.45, 7) is 2.70. The first-order valence-corrected chi connectivity index (χ1v) is 10.1. The molecule has 2 aliphatic rings. The van der Waals surface area contributed by atoms with Gasteiger partial charge < -0.3 is 10.2 Å². The van der Waals surface area contributed by atoms with Crippen molar-refractivity contribution in [2.45, 2.75) is 50.0 Å². The first-order valence-electron chi connectivity index (χ1n) is 8.83. The van der Waals surface area contributed by atoms with E-state index in [9.17, 15) is 9.59 Å². The molecule has 4 nitrogen and oxygen atoms in total. The minimum absolute atomic E-state index is 0.0464. The lowest BCUT2D eigenvalue weighted by molar-refractivity contribution is -0.127. The molecule has 1 heterocycles. The van der Waals surface area contributed by atoms with Crippen LogP contribution in [-0.2, 0) is 9.59 Å². The van der Waals surface area contributed by atoms with Crippen molar-refractivity contribution in [3.8, 4) is 0 Å². The van der Waals surface area contributed by atoms with E-state index in [2.05, 4.69) is 12.2 Å². The molecule has 5 heteroatoms. The molecular weight excluding hydrogens is 320 g/mol. The summed E-state index contributed by atoms with van der Waals surface area (Å²) >= 11 is 1.66. The second-order valence-corrected chi connectivity index (χ2v) is 7.86. The Hall–Kier alpha value is -1.49. The third-order valence-electron chi connectivity index (χ3n) is 5.30. The van der Waals surface area contributed by atoms with E-state index in [4.69, 9.17) is 0 Å². The van der Waals surface area contributed by atoms with Crippen molar-refractivity contribution in [3.63, 3.8) is 0 Å². The van der Waals surface area contributed by atoms with Crippen molar-refractivity contribution in [2.75, 3.05) is 17.7 Å². The van der Waals surface area contributed by atoms with Crippen LogP contribution in [0.25, 0.3) is 0 Å². The highest BCUT2D eigenvalue weighted by Crippen LogP contribution is 2.29. The predicted molar refractivity (Wildman–Crippen MR) is 98.2 cm³/mol. The molecule has 1 N–H and O–H groups in total. The van der Waals surface area contributed by atoms with Gasteiger partial charge in [0.05, 0.1) is 5.92 Å². The van der Waals surface area contributed by atoms with Crippen LogP contribution in [-0.4, -0.2) is 30.7 Å². The van der Waals surface area contributed by atoms with Gasteiger partial charge in [-0.2, -0.15) is 0 Å². The lowest BCUT2D eigenvalue weighted by atomic mass is 9.85. The summed E-state index contributed by atoms with van der Waals surface area (Å²) in [7, 11) is 0. The summed E-state index contributed by atoms with van der Waals surface area (Å²) < 4.78 is 0. The van der Waals surface area contributed by atoms with E-state index < -0.39 is 0 Å². The van der Waals surface area contributed by atoms with E-state index >= 15 is 0 Å². The molecule has 0 spiro atoms. The number of thioether (sulfide) groups is 1. The van der Waals surface area contributed by atoms with E-state index in [1.165, 1.54) is 19.3 Å². The van der Waals surface area contributed by atoms with Gasteiger partial charge in [-0.25, -0.2) is 0 Å². The van der Waals surface area contributed by atoms with Crippen LogP contribution < -0.4 is 10.2 Å². The lowest BCUT2D eigenvalue weighted by Gasteiger charge is -2.30. The van der Waals surface area contributed by atoms with Gasteiger partial charge in [-0.3, -0.25) is 9.59 Å². The number of hydrogen-bond acceptors (Lipinski definition) is 3. The third kappa shape index (κ3) is 3.77. The number of benzene rings is 1. The van der Waals surface area contributed by atoms with Gasteiger partial charge in [-0.15, -0.1) is 11.8 Å². The summed E-state index contributed by atoms with van der Waals surface area (Å²) in [5, 5.41) is 3.20. The third-order valence-corrected chi connectivity index (χ3v) is 6.03. The first-order chi connectivity index (χ1) is 11.6. The predicted octanol–water partition coefficient (Wildman–Crippen LogP) is 3.46. The SMILES string of the molecule is CSc1cccc(N2C[C@H](C(=O)N[C@@H]3CCCC[C@H]3C)CC2=O)c1. The van der Waals surface area contributed by atoms with Crippen LogP contribution in [0, 0.1) is 11.8 Å². The van der Waals surface area contributed by atoms with Crippen LogP contribution in [0.4, 0.5) is 5.69 Å². The molecule has 3 rings (SSSR count). The van der Waals surface area contributed by atoms with Crippen LogP contribution in [0.15, 0.2) is 29.2 Å². The van der Waals surface area contributed by atoms with Gasteiger partial charge in [0.25, 0.3) is 0 Å². The zero-order valence-corrected chi connectivity index (χ0v) is 15.3. The minimum atomic E-state index is -0.232. The lowest BCUT2D eigenvalue weighted by Crippen LogP contribution is -2.44. The monoisotopic (exact) mass is 346 g/mol. The maximum atomic E-state index is 12.6.